The van der Waals surface area contributed by atoms with Crippen LogP contribution < -0.4 is 26.6 Å². The monoisotopic (exact) mass is 1580 g/mol. The van der Waals surface area contributed by atoms with Crippen molar-refractivity contribution in [3.63, 3.8) is 0 Å². The molecule has 30 heteroatoms. The van der Waals surface area contributed by atoms with Crippen LogP contribution in [0.2, 0.25) is 0 Å². The summed E-state index contributed by atoms with van der Waals surface area (Å²) in [5.41, 5.74) is 0. The highest BCUT2D eigenvalue weighted by Gasteiger charge is 2.47. The van der Waals surface area contributed by atoms with Gasteiger partial charge in [-0.25, -0.2) is 0 Å². The number of allylic oxidation sites excluding steroid dienone is 8. The molecule has 0 spiro atoms. The molecule has 5 amide bonds. The van der Waals surface area contributed by atoms with Crippen LogP contribution in [0.25, 0.3) is 10.8 Å². The summed E-state index contributed by atoms with van der Waals surface area (Å²) in [7, 11) is 0. The third kappa shape index (κ3) is 35.6. The summed E-state index contributed by atoms with van der Waals surface area (Å²) in [4.78, 5) is 56.1. The van der Waals surface area contributed by atoms with E-state index in [4.69, 9.17) is 49.2 Å². The molecule has 5 heterocycles. The second kappa shape index (κ2) is 56.8. The smallest absolute Gasteiger partial charge is 0.220 e. The second-order valence-corrected chi connectivity index (χ2v) is 26.8. The number of aliphatic hydroxyl groups excluding tert-OH is 15. The van der Waals surface area contributed by atoms with Crippen LogP contribution in [0, 0.1) is 0 Å². The number of carbonyl (C=O) groups is 5. The van der Waals surface area contributed by atoms with Crippen molar-refractivity contribution < 1.29 is 124 Å². The van der Waals surface area contributed by atoms with E-state index in [2.05, 4.69) is 124 Å². The van der Waals surface area contributed by atoms with Crippen LogP contribution >= 0.6 is 0 Å². The summed E-state index contributed by atoms with van der Waals surface area (Å²) in [5, 5.41) is 157. The average molecular weight is 1580 g/mol. The molecule has 2 aliphatic carbocycles. The molecule has 0 bridgehead atoms. The number of fused-ring (bicyclic) bond motifs is 1. The number of aliphatic hydroxyl groups is 15. The molecule has 630 valence electrons. The van der Waals surface area contributed by atoms with Gasteiger partial charge in [0.05, 0.1) is 93.8 Å². The summed E-state index contributed by atoms with van der Waals surface area (Å²) < 4.78 is 26.5. The Kier molecular flexibility index (Phi) is 51.1. The highest BCUT2D eigenvalue weighted by atomic mass is 16.6. The van der Waals surface area contributed by atoms with Crippen LogP contribution in [0.3, 0.4) is 0 Å². The molecule has 5 saturated heterocycles. The zero-order chi connectivity index (χ0) is 83.8. The number of rotatable bonds is 15. The lowest BCUT2D eigenvalue weighted by Crippen LogP contribution is -2.63. The van der Waals surface area contributed by atoms with Gasteiger partial charge in [-0.3, -0.25) is 24.0 Å². The molecule has 4 aromatic rings. The van der Waals surface area contributed by atoms with Gasteiger partial charge in [0.1, 0.15) is 91.6 Å². The molecule has 11 rings (SSSR count). The molecule has 25 atom stereocenters. The third-order valence-electron chi connectivity index (χ3n) is 18.4. The van der Waals surface area contributed by atoms with Crippen molar-refractivity contribution in [1.82, 2.24) is 26.6 Å². The number of hydrogen-bond donors (Lipinski definition) is 20. The first-order valence-electron chi connectivity index (χ1n) is 38.2. The fraction of sp³-hybridized carbons (Fsp3) is 0.573. The molecule has 30 nitrogen and oxygen atoms in total. The zero-order valence-electron chi connectivity index (χ0n) is 65.9. The molecule has 0 aromatic heterocycles. The van der Waals surface area contributed by atoms with Gasteiger partial charge < -0.3 is 127 Å². The first-order chi connectivity index (χ1) is 53.5. The van der Waals surface area contributed by atoms with Crippen molar-refractivity contribution in [2.45, 2.75) is 266 Å². The fourth-order valence-electron chi connectivity index (χ4n) is 11.7. The highest BCUT2D eigenvalue weighted by molar-refractivity contribution is 5.82. The Labute approximate surface area is 657 Å². The molecule has 10 unspecified atom stereocenters. The Morgan fingerprint density at radius 2 is 0.429 bits per heavy atom. The summed E-state index contributed by atoms with van der Waals surface area (Å²) in [6.45, 7) is 15.1. The molecule has 5 fully saturated rings. The Balaban J connectivity index is 0.000000432. The topological polar surface area (TPSA) is 495 Å². The van der Waals surface area contributed by atoms with Gasteiger partial charge in [-0.05, 0) is 58.2 Å². The third-order valence-corrected chi connectivity index (χ3v) is 18.4. The second-order valence-electron chi connectivity index (χ2n) is 26.8. The molecule has 20 N–H and O–H groups in total. The minimum atomic E-state index is -1.19. The van der Waals surface area contributed by atoms with Crippen molar-refractivity contribution in [2.24, 2.45) is 0 Å². The van der Waals surface area contributed by atoms with Crippen LogP contribution in [-0.4, -0.2) is 291 Å². The standard InChI is InChI=1S/5C10H19NO5.C10H8.2C6H6.2C5H6/c5*1-3-7(13)11-8-5(2)16-6(4-12)9(14)10(8)15;1-2-6-10-8-4-3-7-9(10)5-1;2*1-2-4-6-5-3-1;2*1-2-4-5-3-1/h5*5-6,8-10,12,14-15H,3-4H2,1-2H3,(H,11,13);1-8H;2*1-6H;2*1-4H,5H2/t5*5-,6?,8?,9+,10-;;;;;/m11111...../s1. The van der Waals surface area contributed by atoms with E-state index in [9.17, 15) is 75.0 Å². The quantitative estimate of drug-likeness (QED) is 0.0793. The van der Waals surface area contributed by atoms with E-state index in [0.29, 0.717) is 32.1 Å². The van der Waals surface area contributed by atoms with Gasteiger partial charge in [-0.15, -0.1) is 0 Å². The van der Waals surface area contributed by atoms with Gasteiger partial charge >= 0.3 is 0 Å². The van der Waals surface area contributed by atoms with Crippen molar-refractivity contribution in [3.05, 3.63) is 170 Å². The molecule has 0 saturated carbocycles. The summed E-state index contributed by atoms with van der Waals surface area (Å²) >= 11 is 0. The Bertz CT molecular complexity index is 2830. The maximum atomic E-state index is 11.2. The van der Waals surface area contributed by atoms with Crippen LogP contribution in [0.15, 0.2) is 170 Å². The fourth-order valence-corrected chi connectivity index (χ4v) is 11.7. The number of nitrogens with one attached hydrogen (secondary N) is 5. The van der Waals surface area contributed by atoms with E-state index >= 15 is 0 Å². The van der Waals surface area contributed by atoms with Crippen molar-refractivity contribution in [2.75, 3.05) is 33.0 Å². The van der Waals surface area contributed by atoms with Crippen LogP contribution in [-0.2, 0) is 47.7 Å². The van der Waals surface area contributed by atoms with Crippen molar-refractivity contribution in [3.8, 4) is 0 Å². The van der Waals surface area contributed by atoms with Crippen LogP contribution in [0.5, 0.6) is 0 Å². The molecule has 7 aliphatic rings. The van der Waals surface area contributed by atoms with E-state index < -0.39 is 152 Å². The van der Waals surface area contributed by atoms with Crippen LogP contribution in [0.4, 0.5) is 0 Å². The number of amides is 5. The maximum Gasteiger partial charge on any atom is 0.220 e. The van der Waals surface area contributed by atoms with Gasteiger partial charge in [0.2, 0.25) is 29.5 Å². The summed E-state index contributed by atoms with van der Waals surface area (Å²) in [5.74, 6) is -1.07. The molecular formula is C82H127N5O25. The van der Waals surface area contributed by atoms with Crippen molar-refractivity contribution >= 4 is 40.3 Å². The zero-order valence-corrected chi connectivity index (χ0v) is 65.9. The van der Waals surface area contributed by atoms with E-state index in [1.165, 1.54) is 10.8 Å². The lowest BCUT2D eigenvalue weighted by molar-refractivity contribution is -0.190. The molecule has 0 radical (unpaired) electrons. The molecule has 112 heavy (non-hydrogen) atoms. The Morgan fingerprint density at radius 3 is 0.545 bits per heavy atom. The maximum absolute atomic E-state index is 11.2. The number of carbonyl (C=O) groups excluding carboxylic acids is 5. The molecule has 4 aromatic carbocycles. The Morgan fingerprint density at radius 1 is 0.277 bits per heavy atom. The molecule has 5 aliphatic heterocycles. The highest BCUT2D eigenvalue weighted by Crippen LogP contribution is 2.26. The number of benzene rings is 4. The van der Waals surface area contributed by atoms with Gasteiger partial charge in [0.25, 0.3) is 0 Å². The predicted molar refractivity (Wildman–Crippen MR) is 421 cm³/mol. The van der Waals surface area contributed by atoms with Gasteiger partial charge in [-0.2, -0.15) is 0 Å². The van der Waals surface area contributed by atoms with Crippen LogP contribution in [0.1, 0.15) is 114 Å². The van der Waals surface area contributed by atoms with E-state index in [1.807, 2.05) is 72.8 Å². The van der Waals surface area contributed by atoms with Crippen molar-refractivity contribution in [1.29, 1.82) is 0 Å². The first kappa shape index (κ1) is 101. The lowest BCUT2D eigenvalue weighted by Gasteiger charge is -2.41. The van der Waals surface area contributed by atoms with Gasteiger partial charge in [0, 0.05) is 32.1 Å². The van der Waals surface area contributed by atoms with Gasteiger partial charge in [-0.1, -0.05) is 205 Å². The Hall–Kier alpha value is -7.35. The van der Waals surface area contributed by atoms with E-state index in [-0.39, 0.29) is 62.6 Å². The SMILES string of the molecule is C1=CCC=C1.C1=CCC=C1.CCC(=O)NC1[C@@H](O)[C@@H](O)C(CO)O[C@@H]1C.CCC(=O)NC1[C@@H](O)[C@@H](O)C(CO)O[C@@H]1C.CCC(=O)NC1[C@@H](O)[C@@H](O)C(CO)O[C@@H]1C.CCC(=O)NC1[C@@H](O)[C@@H](O)C(CO)O[C@@H]1C.CCC(=O)NC1[C@@H](O)[C@@H](O)C(CO)O[C@@H]1C.c1ccc2ccccc2c1.c1ccccc1.c1ccccc1. The normalized spacial score (nSPS) is 31.5. The average Bonchev–Trinajstić information content (AvgIpc) is 1.02. The first-order valence-corrected chi connectivity index (χ1v) is 38.2. The summed E-state index contributed by atoms with van der Waals surface area (Å²) in [6, 6.07) is 37.5. The van der Waals surface area contributed by atoms with Gasteiger partial charge in [0.15, 0.2) is 0 Å². The van der Waals surface area contributed by atoms with E-state index in [1.54, 1.807) is 69.2 Å². The predicted octanol–water partition coefficient (Wildman–Crippen LogP) is 1.13. The number of hydrogen-bond acceptors (Lipinski definition) is 25. The number of ether oxygens (including phenoxy) is 5. The minimum absolute atomic E-state index is 0.214. The minimum Gasteiger partial charge on any atom is -0.394 e. The lowest BCUT2D eigenvalue weighted by atomic mass is 9.93. The van der Waals surface area contributed by atoms with E-state index in [0.717, 1.165) is 12.8 Å². The largest absolute Gasteiger partial charge is 0.394 e. The summed E-state index contributed by atoms with van der Waals surface area (Å²) in [6.07, 6.45) is 2.61. The molecular weight excluding hydrogens is 1450 g/mol.